The van der Waals surface area contributed by atoms with Crippen LogP contribution in [0.4, 0.5) is 5.69 Å². The zero-order chi connectivity index (χ0) is 14.7. The second-order valence-electron chi connectivity index (χ2n) is 5.08. The molecule has 1 rings (SSSR count). The van der Waals surface area contributed by atoms with Crippen molar-refractivity contribution in [2.24, 2.45) is 0 Å². The Hall–Kier alpha value is -1.56. The molecular formula is C13H20N2O3S. The lowest BCUT2D eigenvalue weighted by molar-refractivity contribution is -0.120. The summed E-state index contributed by atoms with van der Waals surface area (Å²) in [5.74, 6) is -1.11. The van der Waals surface area contributed by atoms with E-state index in [0.717, 1.165) is 0 Å². The Kier molecular flexibility index (Phi) is 4.57. The van der Waals surface area contributed by atoms with Crippen molar-refractivity contribution < 1.29 is 13.2 Å². The van der Waals surface area contributed by atoms with Gasteiger partial charge in [0.1, 0.15) is 5.75 Å². The number of sulfone groups is 1. The Labute approximate surface area is 114 Å². The van der Waals surface area contributed by atoms with Crippen molar-refractivity contribution in [3.63, 3.8) is 0 Å². The molecule has 1 aromatic carbocycles. The van der Waals surface area contributed by atoms with Gasteiger partial charge in [-0.2, -0.15) is 0 Å². The summed E-state index contributed by atoms with van der Waals surface area (Å²) in [4.78, 5) is 11.8. The molecule has 5 nitrogen and oxygen atoms in total. The van der Waals surface area contributed by atoms with Gasteiger partial charge in [0.2, 0.25) is 5.91 Å². The molecular weight excluding hydrogens is 264 g/mol. The number of amides is 1. The lowest BCUT2D eigenvalue weighted by Gasteiger charge is -2.24. The van der Waals surface area contributed by atoms with Gasteiger partial charge in [-0.05, 0) is 32.4 Å². The summed E-state index contributed by atoms with van der Waals surface area (Å²) in [7, 11) is -3.71. The van der Waals surface area contributed by atoms with Crippen LogP contribution in [0.15, 0.2) is 29.2 Å². The first kappa shape index (κ1) is 15.5. The van der Waals surface area contributed by atoms with Crippen LogP contribution in [0, 0.1) is 0 Å². The predicted octanol–water partition coefficient (Wildman–Crippen LogP) is 1.35. The average Bonchev–Trinajstić information content (AvgIpc) is 2.27. The SMILES string of the molecule is CCC(C)(C)NC(=O)CS(=O)(=O)c1ccccc1N. The molecule has 0 radical (unpaired) electrons. The van der Waals surface area contributed by atoms with Gasteiger partial charge in [-0.1, -0.05) is 19.1 Å². The average molecular weight is 284 g/mol. The molecule has 0 bridgehead atoms. The molecule has 0 aliphatic heterocycles. The maximum atomic E-state index is 12.1. The van der Waals surface area contributed by atoms with Crippen LogP contribution in [0.1, 0.15) is 27.2 Å². The molecule has 0 heterocycles. The molecule has 0 aromatic heterocycles. The third-order valence-corrected chi connectivity index (χ3v) is 4.62. The summed E-state index contributed by atoms with van der Waals surface area (Å²) in [6, 6.07) is 6.13. The van der Waals surface area contributed by atoms with Gasteiger partial charge in [0, 0.05) is 5.54 Å². The van der Waals surface area contributed by atoms with E-state index in [-0.39, 0.29) is 10.6 Å². The van der Waals surface area contributed by atoms with Crippen molar-refractivity contribution in [2.75, 3.05) is 11.5 Å². The number of para-hydroxylation sites is 1. The lowest BCUT2D eigenvalue weighted by Crippen LogP contribution is -2.45. The molecule has 0 spiro atoms. The Morgan fingerprint density at radius 1 is 1.32 bits per heavy atom. The molecule has 0 unspecified atom stereocenters. The van der Waals surface area contributed by atoms with Crippen LogP contribution >= 0.6 is 0 Å². The number of anilines is 1. The van der Waals surface area contributed by atoms with E-state index in [1.54, 1.807) is 12.1 Å². The Balaban J connectivity index is 2.88. The molecule has 19 heavy (non-hydrogen) atoms. The Morgan fingerprint density at radius 2 is 1.89 bits per heavy atom. The first-order chi connectivity index (χ1) is 8.68. The molecule has 0 aliphatic rings. The van der Waals surface area contributed by atoms with E-state index in [1.807, 2.05) is 20.8 Å². The van der Waals surface area contributed by atoms with Crippen molar-refractivity contribution >= 4 is 21.4 Å². The van der Waals surface area contributed by atoms with E-state index in [2.05, 4.69) is 5.32 Å². The summed E-state index contributed by atoms with van der Waals surface area (Å²) < 4.78 is 24.2. The highest BCUT2D eigenvalue weighted by molar-refractivity contribution is 7.92. The number of hydrogen-bond donors (Lipinski definition) is 2. The zero-order valence-corrected chi connectivity index (χ0v) is 12.3. The number of nitrogens with two attached hydrogens (primary N) is 1. The predicted molar refractivity (Wildman–Crippen MR) is 75.4 cm³/mol. The molecule has 0 aliphatic carbocycles. The molecule has 0 saturated heterocycles. The van der Waals surface area contributed by atoms with Crippen molar-refractivity contribution in [1.82, 2.24) is 5.32 Å². The minimum atomic E-state index is -3.71. The standard InChI is InChI=1S/C13H20N2O3S/c1-4-13(2,3)15-12(16)9-19(17,18)11-8-6-5-7-10(11)14/h5-8H,4,9,14H2,1-3H3,(H,15,16). The van der Waals surface area contributed by atoms with Crippen LogP contribution < -0.4 is 11.1 Å². The van der Waals surface area contributed by atoms with E-state index in [9.17, 15) is 13.2 Å². The summed E-state index contributed by atoms with van der Waals surface area (Å²) >= 11 is 0. The van der Waals surface area contributed by atoms with Crippen molar-refractivity contribution in [3.8, 4) is 0 Å². The van der Waals surface area contributed by atoms with Crippen molar-refractivity contribution in [2.45, 2.75) is 37.6 Å². The highest BCUT2D eigenvalue weighted by atomic mass is 32.2. The van der Waals surface area contributed by atoms with E-state index in [1.165, 1.54) is 12.1 Å². The van der Waals surface area contributed by atoms with Crippen molar-refractivity contribution in [3.05, 3.63) is 24.3 Å². The minimum absolute atomic E-state index is 0.000505. The number of carbonyl (C=O) groups is 1. The van der Waals surface area contributed by atoms with Gasteiger partial charge in [-0.3, -0.25) is 4.79 Å². The Bertz CT molecular complexity index is 565. The van der Waals surface area contributed by atoms with E-state index < -0.39 is 27.0 Å². The van der Waals surface area contributed by atoms with Gasteiger partial charge in [0.15, 0.2) is 9.84 Å². The number of nitrogens with one attached hydrogen (secondary N) is 1. The number of carbonyl (C=O) groups excluding carboxylic acids is 1. The second kappa shape index (κ2) is 5.61. The highest BCUT2D eigenvalue weighted by Gasteiger charge is 2.25. The van der Waals surface area contributed by atoms with Gasteiger partial charge < -0.3 is 11.1 Å². The number of nitrogen functional groups attached to an aromatic ring is 1. The monoisotopic (exact) mass is 284 g/mol. The quantitative estimate of drug-likeness (QED) is 0.799. The van der Waals surface area contributed by atoms with Gasteiger partial charge in [-0.15, -0.1) is 0 Å². The van der Waals surface area contributed by atoms with Gasteiger partial charge in [-0.25, -0.2) is 8.42 Å². The van der Waals surface area contributed by atoms with Gasteiger partial charge in [0.05, 0.1) is 10.6 Å². The van der Waals surface area contributed by atoms with Crippen LogP contribution in [0.3, 0.4) is 0 Å². The molecule has 3 N–H and O–H groups in total. The maximum absolute atomic E-state index is 12.1. The maximum Gasteiger partial charge on any atom is 0.235 e. The van der Waals surface area contributed by atoms with Crippen LogP contribution in [0.2, 0.25) is 0 Å². The van der Waals surface area contributed by atoms with E-state index >= 15 is 0 Å². The molecule has 106 valence electrons. The van der Waals surface area contributed by atoms with Crippen LogP contribution in [0.5, 0.6) is 0 Å². The number of hydrogen-bond acceptors (Lipinski definition) is 4. The lowest BCUT2D eigenvalue weighted by atomic mass is 10.0. The summed E-state index contributed by atoms with van der Waals surface area (Å²) in [5, 5.41) is 2.69. The third-order valence-electron chi connectivity index (χ3n) is 2.94. The van der Waals surface area contributed by atoms with Crippen LogP contribution in [0.25, 0.3) is 0 Å². The zero-order valence-electron chi connectivity index (χ0n) is 11.4. The normalized spacial score (nSPS) is 12.2. The molecule has 1 amide bonds. The van der Waals surface area contributed by atoms with Gasteiger partial charge in [0.25, 0.3) is 0 Å². The van der Waals surface area contributed by atoms with Gasteiger partial charge >= 0.3 is 0 Å². The summed E-state index contributed by atoms with van der Waals surface area (Å²) in [6.45, 7) is 5.60. The first-order valence-electron chi connectivity index (χ1n) is 6.06. The number of benzene rings is 1. The van der Waals surface area contributed by atoms with Crippen molar-refractivity contribution in [1.29, 1.82) is 0 Å². The fraction of sp³-hybridized carbons (Fsp3) is 0.462. The Morgan fingerprint density at radius 3 is 2.42 bits per heavy atom. The minimum Gasteiger partial charge on any atom is -0.398 e. The first-order valence-corrected chi connectivity index (χ1v) is 7.71. The fourth-order valence-electron chi connectivity index (χ4n) is 1.52. The second-order valence-corrected chi connectivity index (χ2v) is 7.04. The topological polar surface area (TPSA) is 89.3 Å². The highest BCUT2D eigenvalue weighted by Crippen LogP contribution is 2.19. The summed E-state index contributed by atoms with van der Waals surface area (Å²) in [6.07, 6.45) is 0.715. The third kappa shape index (κ3) is 4.24. The molecule has 0 saturated carbocycles. The largest absolute Gasteiger partial charge is 0.398 e. The van der Waals surface area contributed by atoms with Crippen LogP contribution in [-0.2, 0) is 14.6 Å². The van der Waals surface area contributed by atoms with E-state index in [4.69, 9.17) is 5.73 Å². The fourth-order valence-corrected chi connectivity index (χ4v) is 2.80. The molecule has 1 aromatic rings. The molecule has 6 heteroatoms. The molecule has 0 fully saturated rings. The smallest absolute Gasteiger partial charge is 0.235 e. The number of rotatable bonds is 5. The summed E-state index contributed by atoms with van der Waals surface area (Å²) in [5.41, 5.74) is 5.36. The molecule has 0 atom stereocenters. The van der Waals surface area contributed by atoms with E-state index in [0.29, 0.717) is 6.42 Å². The van der Waals surface area contributed by atoms with Crippen LogP contribution in [-0.4, -0.2) is 25.6 Å².